The Labute approximate surface area is 273 Å². The number of aliphatic hydroxyl groups excluding tert-OH is 1. The van der Waals surface area contributed by atoms with Crippen LogP contribution in [0.1, 0.15) is 0 Å². The zero-order valence-corrected chi connectivity index (χ0v) is 30.8. The monoisotopic (exact) mass is 759 g/mol. The fraction of sp³-hybridized carbons (Fsp3) is 0.824. The van der Waals surface area contributed by atoms with Crippen LogP contribution in [0.25, 0.3) is 0 Å². The highest BCUT2D eigenvalue weighted by Gasteiger charge is 2.02. The lowest BCUT2D eigenvalue weighted by atomic mass is 11.2. The minimum Gasteiger partial charge on any atom is -0.386 e. The lowest BCUT2D eigenvalue weighted by Gasteiger charge is -2.05. The summed E-state index contributed by atoms with van der Waals surface area (Å²) in [5.41, 5.74) is 3.00. The Kier molecular flexibility index (Phi) is 36.1. The normalized spacial score (nSPS) is 13.5. The predicted molar refractivity (Wildman–Crippen MR) is 197 cm³/mol. The van der Waals surface area contributed by atoms with Crippen molar-refractivity contribution in [3.05, 3.63) is 0 Å². The fourth-order valence-electron chi connectivity index (χ4n) is 1.53. The summed E-state index contributed by atoms with van der Waals surface area (Å²) in [6.07, 6.45) is 0. The highest BCUT2D eigenvalue weighted by Crippen LogP contribution is 2.24. The first-order valence-electron chi connectivity index (χ1n) is 10.1. The van der Waals surface area contributed by atoms with Gasteiger partial charge in [-0.2, -0.15) is 0 Å². The molecule has 2 N–H and O–H groups in total. The molecule has 7 nitrogen and oxygen atoms in total. The molecule has 2 atom stereocenters. The molecule has 0 saturated carbocycles. The van der Waals surface area contributed by atoms with E-state index >= 15 is 0 Å². The number of carbonyl (C=O) groups excluding carboxylic acids is 1. The van der Waals surface area contributed by atoms with Gasteiger partial charge >= 0.3 is 0 Å². The lowest BCUT2D eigenvalue weighted by Crippen LogP contribution is -2.17. The summed E-state index contributed by atoms with van der Waals surface area (Å²) in [5.74, 6) is 1.32. The van der Waals surface area contributed by atoms with E-state index in [1.807, 2.05) is 47.0 Å². The van der Waals surface area contributed by atoms with Gasteiger partial charge in [-0.25, -0.2) is 0 Å². The third-order valence-corrected chi connectivity index (χ3v) is 18.6. The van der Waals surface area contributed by atoms with E-state index in [4.69, 9.17) is 5.11 Å². The van der Waals surface area contributed by atoms with E-state index < -0.39 is 21.6 Å². The van der Waals surface area contributed by atoms with Crippen molar-refractivity contribution in [3.8, 4) is 0 Å². The van der Waals surface area contributed by atoms with Crippen molar-refractivity contribution in [2.24, 2.45) is 9.98 Å². The Balaban J connectivity index is 3.32. The first-order valence-corrected chi connectivity index (χ1v) is 25.3. The second kappa shape index (κ2) is 33.4. The summed E-state index contributed by atoms with van der Waals surface area (Å²) < 4.78 is 23.2. The van der Waals surface area contributed by atoms with Crippen LogP contribution in [0.5, 0.6) is 0 Å². The number of rotatable bonds is 27. The van der Waals surface area contributed by atoms with Gasteiger partial charge in [0.1, 0.15) is 0 Å². The largest absolute Gasteiger partial charge is 0.386 e. The van der Waals surface area contributed by atoms with Crippen LogP contribution in [0.4, 0.5) is 4.79 Å². The van der Waals surface area contributed by atoms with E-state index in [0.29, 0.717) is 21.9 Å². The minimum atomic E-state index is -1.03. The van der Waals surface area contributed by atoms with Crippen molar-refractivity contribution < 1.29 is 18.3 Å². The molecular weight excluding hydrogens is 727 g/mol. The van der Waals surface area contributed by atoms with E-state index in [1.165, 1.54) is 34.6 Å². The van der Waals surface area contributed by atoms with Crippen LogP contribution in [-0.4, -0.2) is 105 Å². The standard InChI is InChI=1S/C17H33N3O4S13/c1-18-4-36(23)15-33-12-31-10-29-11-32-14-35-17(22)20-3-26-8-28-9-30-13-34-16-37(24)5-19-2-25-7-27-6-21/h4-5,21H,2-3,6-16H2,1H3,(H,20,22). The van der Waals surface area contributed by atoms with Crippen molar-refractivity contribution in [2.75, 3.05) is 75.6 Å². The van der Waals surface area contributed by atoms with Crippen LogP contribution in [-0.2, 0) is 21.6 Å². The molecule has 218 valence electrons. The second-order valence-electron chi connectivity index (χ2n) is 5.64. The van der Waals surface area contributed by atoms with Gasteiger partial charge in [-0.3, -0.25) is 23.2 Å². The molecule has 0 radical (unpaired) electrons. The quantitative estimate of drug-likeness (QED) is 0.0418. The Bertz CT molecular complexity index is 650. The lowest BCUT2D eigenvalue weighted by molar-refractivity contribution is 0.262. The van der Waals surface area contributed by atoms with E-state index in [0.717, 1.165) is 40.7 Å². The fourth-order valence-corrected chi connectivity index (χ4v) is 15.8. The van der Waals surface area contributed by atoms with Crippen LogP contribution >= 0.6 is 129 Å². The second-order valence-corrected chi connectivity index (χ2v) is 22.6. The first-order chi connectivity index (χ1) is 18.1. The SMILES string of the molecule is CN=CS(=O)CSCSCSCSCSC(=O)NCSCSCSCSCS(=O)C=NCSCSCO. The van der Waals surface area contributed by atoms with Crippen LogP contribution < -0.4 is 5.32 Å². The highest BCUT2D eigenvalue weighted by atomic mass is 32.3. The minimum absolute atomic E-state index is 0.0225. The molecule has 0 aromatic rings. The van der Waals surface area contributed by atoms with Crippen LogP contribution in [0.15, 0.2) is 9.98 Å². The molecule has 0 aliphatic rings. The molecule has 37 heavy (non-hydrogen) atoms. The number of hydrogen-bond acceptors (Lipinski definition) is 17. The van der Waals surface area contributed by atoms with Crippen LogP contribution in [0.3, 0.4) is 0 Å². The van der Waals surface area contributed by atoms with Gasteiger partial charge in [-0.1, -0.05) is 11.8 Å². The third-order valence-electron chi connectivity index (χ3n) is 2.83. The van der Waals surface area contributed by atoms with Crippen LogP contribution in [0.2, 0.25) is 0 Å². The smallest absolute Gasteiger partial charge is 0.280 e. The molecule has 0 aromatic carbocycles. The average molecular weight is 760 g/mol. The molecule has 0 rings (SSSR count). The Morgan fingerprint density at radius 3 is 1.84 bits per heavy atom. The van der Waals surface area contributed by atoms with Crippen molar-refractivity contribution in [2.45, 2.75) is 0 Å². The maximum absolute atomic E-state index is 11.9. The van der Waals surface area contributed by atoms with E-state index in [-0.39, 0.29) is 11.2 Å². The molecule has 20 heteroatoms. The van der Waals surface area contributed by atoms with Gasteiger partial charge in [0.15, 0.2) is 0 Å². The Hall–Kier alpha value is 2.92. The zero-order valence-electron chi connectivity index (χ0n) is 20.2. The summed E-state index contributed by atoms with van der Waals surface area (Å²) in [7, 11) is -0.362. The summed E-state index contributed by atoms with van der Waals surface area (Å²) in [4.78, 5) is 19.7. The van der Waals surface area contributed by atoms with E-state index in [9.17, 15) is 13.2 Å². The first kappa shape index (κ1) is 39.9. The van der Waals surface area contributed by atoms with Gasteiger partial charge < -0.3 is 10.4 Å². The Morgan fingerprint density at radius 2 is 1.24 bits per heavy atom. The predicted octanol–water partition coefficient (Wildman–Crippen LogP) is 6.38. The number of aliphatic hydroxyl groups is 1. The van der Waals surface area contributed by atoms with Gasteiger partial charge in [0.25, 0.3) is 5.24 Å². The summed E-state index contributed by atoms with van der Waals surface area (Å²) in [6, 6.07) is 0. The summed E-state index contributed by atoms with van der Waals surface area (Å²) >= 11 is 18.4. The number of thioether (sulfide) groups is 11. The number of amides is 1. The molecule has 0 bridgehead atoms. The molecular formula is C17H33N3O4S13. The maximum Gasteiger partial charge on any atom is 0.280 e. The average Bonchev–Trinajstić information content (AvgIpc) is 2.88. The van der Waals surface area contributed by atoms with Gasteiger partial charge in [0.05, 0.1) is 60.6 Å². The maximum atomic E-state index is 11.9. The molecule has 0 aromatic heterocycles. The molecule has 0 aliphatic carbocycles. The number of aliphatic imine (C=N–C) groups is 2. The van der Waals surface area contributed by atoms with E-state index in [2.05, 4.69) is 15.3 Å². The van der Waals surface area contributed by atoms with E-state index in [1.54, 1.807) is 65.9 Å². The molecule has 0 aliphatic heterocycles. The number of nitrogens with zero attached hydrogens (tertiary/aromatic N) is 2. The molecule has 2 unspecified atom stereocenters. The zero-order chi connectivity index (χ0) is 27.2. The van der Waals surface area contributed by atoms with Crippen molar-refractivity contribution in [1.29, 1.82) is 0 Å². The van der Waals surface area contributed by atoms with Crippen LogP contribution in [0, 0.1) is 0 Å². The number of nitrogens with one attached hydrogen (secondary N) is 1. The Morgan fingerprint density at radius 1 is 0.730 bits per heavy atom. The molecule has 1 amide bonds. The molecule has 0 saturated heterocycles. The molecule has 0 heterocycles. The van der Waals surface area contributed by atoms with Gasteiger partial charge in [0, 0.05) is 47.7 Å². The van der Waals surface area contributed by atoms with Gasteiger partial charge in [-0.05, 0) is 0 Å². The van der Waals surface area contributed by atoms with Crippen molar-refractivity contribution in [1.82, 2.24) is 5.32 Å². The number of hydrogen-bond donors (Lipinski definition) is 2. The summed E-state index contributed by atoms with van der Waals surface area (Å²) in [6.45, 7) is 0. The third kappa shape index (κ3) is 33.3. The van der Waals surface area contributed by atoms with Gasteiger partial charge in [0.2, 0.25) is 0 Å². The number of carbonyl (C=O) groups is 1. The molecule has 0 spiro atoms. The molecule has 0 fully saturated rings. The summed E-state index contributed by atoms with van der Waals surface area (Å²) in [5, 5.41) is 20.0. The van der Waals surface area contributed by atoms with Gasteiger partial charge in [-0.15, -0.1) is 118 Å². The van der Waals surface area contributed by atoms with Crippen molar-refractivity contribution in [3.63, 3.8) is 0 Å². The van der Waals surface area contributed by atoms with Crippen molar-refractivity contribution >= 4 is 167 Å². The topological polar surface area (TPSA) is 108 Å². The highest BCUT2D eigenvalue weighted by molar-refractivity contribution is 8.30.